The van der Waals surface area contributed by atoms with Crippen LogP contribution in [-0.2, 0) is 0 Å². The second-order valence-corrected chi connectivity index (χ2v) is 4.01. The summed E-state index contributed by atoms with van der Waals surface area (Å²) in [6, 6.07) is 7.36. The van der Waals surface area contributed by atoms with Gasteiger partial charge in [0.1, 0.15) is 0 Å². The predicted molar refractivity (Wildman–Crippen MR) is 63.3 cm³/mol. The molecule has 0 saturated heterocycles. The third kappa shape index (κ3) is 1.99. The van der Waals surface area contributed by atoms with Gasteiger partial charge in [-0.1, -0.05) is 12.1 Å². The molecular formula is C10H10BNO2S. The van der Waals surface area contributed by atoms with E-state index in [1.54, 1.807) is 12.3 Å². The summed E-state index contributed by atoms with van der Waals surface area (Å²) < 4.78 is 0. The van der Waals surface area contributed by atoms with E-state index in [0.29, 0.717) is 5.46 Å². The molecule has 1 heterocycles. The van der Waals surface area contributed by atoms with Gasteiger partial charge in [0.2, 0.25) is 0 Å². The lowest BCUT2D eigenvalue weighted by molar-refractivity contribution is 0.425. The van der Waals surface area contributed by atoms with Gasteiger partial charge in [-0.15, -0.1) is 11.8 Å². The minimum absolute atomic E-state index is 0.531. The number of pyridine rings is 1. The van der Waals surface area contributed by atoms with Crippen molar-refractivity contribution in [3.05, 3.63) is 30.5 Å². The molecule has 3 nitrogen and oxygen atoms in total. The molecule has 0 fully saturated rings. The highest BCUT2D eigenvalue weighted by Gasteiger charge is 2.16. The molecule has 5 heteroatoms. The topological polar surface area (TPSA) is 53.4 Å². The predicted octanol–water partition coefficient (Wildman–Crippen LogP) is 0.636. The minimum atomic E-state index is -1.43. The van der Waals surface area contributed by atoms with E-state index in [4.69, 9.17) is 0 Å². The van der Waals surface area contributed by atoms with Crippen LogP contribution in [0.1, 0.15) is 0 Å². The first-order chi connectivity index (χ1) is 7.22. The Morgan fingerprint density at radius 2 is 2.13 bits per heavy atom. The zero-order valence-corrected chi connectivity index (χ0v) is 9.03. The van der Waals surface area contributed by atoms with Crippen molar-refractivity contribution in [2.24, 2.45) is 0 Å². The summed E-state index contributed by atoms with van der Waals surface area (Å²) in [6.45, 7) is 0. The molecule has 0 amide bonds. The molecule has 1 aromatic heterocycles. The van der Waals surface area contributed by atoms with Gasteiger partial charge in [0.05, 0.1) is 5.52 Å². The van der Waals surface area contributed by atoms with Crippen molar-refractivity contribution in [2.75, 3.05) is 6.26 Å². The summed E-state index contributed by atoms with van der Waals surface area (Å²) in [5.74, 6) is 0. The van der Waals surface area contributed by atoms with Gasteiger partial charge in [-0.2, -0.15) is 0 Å². The monoisotopic (exact) mass is 219 g/mol. The van der Waals surface area contributed by atoms with Gasteiger partial charge >= 0.3 is 7.12 Å². The number of thioether (sulfide) groups is 1. The van der Waals surface area contributed by atoms with E-state index in [2.05, 4.69) is 4.98 Å². The largest absolute Gasteiger partial charge is 0.489 e. The van der Waals surface area contributed by atoms with Crippen molar-refractivity contribution >= 4 is 35.2 Å². The second kappa shape index (κ2) is 4.22. The first kappa shape index (κ1) is 10.5. The van der Waals surface area contributed by atoms with Crippen LogP contribution in [0.4, 0.5) is 0 Å². The number of fused-ring (bicyclic) bond motifs is 1. The van der Waals surface area contributed by atoms with Gasteiger partial charge in [-0.05, 0) is 29.2 Å². The van der Waals surface area contributed by atoms with Crippen LogP contribution >= 0.6 is 11.8 Å². The zero-order chi connectivity index (χ0) is 10.8. The van der Waals surface area contributed by atoms with Crippen molar-refractivity contribution in [2.45, 2.75) is 4.90 Å². The van der Waals surface area contributed by atoms with Gasteiger partial charge in [0, 0.05) is 11.1 Å². The van der Waals surface area contributed by atoms with Gasteiger partial charge in [-0.25, -0.2) is 0 Å². The molecule has 0 aliphatic heterocycles. The molecule has 2 rings (SSSR count). The molecule has 1 aromatic carbocycles. The Balaban J connectivity index is 2.69. The van der Waals surface area contributed by atoms with E-state index in [1.807, 2.05) is 24.5 Å². The number of hydrogen-bond acceptors (Lipinski definition) is 4. The van der Waals surface area contributed by atoms with Crippen LogP contribution in [0.2, 0.25) is 0 Å². The van der Waals surface area contributed by atoms with Crippen molar-refractivity contribution in [3.63, 3.8) is 0 Å². The molecule has 0 aliphatic rings. The van der Waals surface area contributed by atoms with Crippen LogP contribution in [0.5, 0.6) is 0 Å². The van der Waals surface area contributed by atoms with E-state index < -0.39 is 7.12 Å². The van der Waals surface area contributed by atoms with Gasteiger partial charge in [-0.3, -0.25) is 4.98 Å². The first-order valence-electron chi connectivity index (χ1n) is 4.51. The Morgan fingerprint density at radius 3 is 2.80 bits per heavy atom. The maximum atomic E-state index is 9.22. The SMILES string of the molecule is CSc1cc2ncccc2cc1B(O)O. The lowest BCUT2D eigenvalue weighted by Gasteiger charge is -2.07. The fraction of sp³-hybridized carbons (Fsp3) is 0.100. The highest BCUT2D eigenvalue weighted by molar-refractivity contribution is 7.98. The van der Waals surface area contributed by atoms with Gasteiger partial charge in [0.25, 0.3) is 0 Å². The molecule has 15 heavy (non-hydrogen) atoms. The molecule has 0 radical (unpaired) electrons. The second-order valence-electron chi connectivity index (χ2n) is 3.16. The average Bonchev–Trinajstić information content (AvgIpc) is 2.27. The van der Waals surface area contributed by atoms with Crippen molar-refractivity contribution in [3.8, 4) is 0 Å². The smallest absolute Gasteiger partial charge is 0.423 e. The normalized spacial score (nSPS) is 10.6. The number of benzene rings is 1. The molecule has 0 bridgehead atoms. The van der Waals surface area contributed by atoms with Crippen LogP contribution < -0.4 is 5.46 Å². The summed E-state index contributed by atoms with van der Waals surface area (Å²) in [6.07, 6.45) is 3.62. The van der Waals surface area contributed by atoms with Crippen molar-refractivity contribution < 1.29 is 10.0 Å². The maximum absolute atomic E-state index is 9.22. The van der Waals surface area contributed by atoms with Crippen LogP contribution in [-0.4, -0.2) is 28.4 Å². The van der Waals surface area contributed by atoms with Crippen molar-refractivity contribution in [1.29, 1.82) is 0 Å². The lowest BCUT2D eigenvalue weighted by Crippen LogP contribution is -2.31. The number of aromatic nitrogens is 1. The molecule has 2 aromatic rings. The number of hydrogen-bond donors (Lipinski definition) is 2. The van der Waals surface area contributed by atoms with Gasteiger partial charge < -0.3 is 10.0 Å². The third-order valence-electron chi connectivity index (χ3n) is 2.23. The highest BCUT2D eigenvalue weighted by atomic mass is 32.2. The minimum Gasteiger partial charge on any atom is -0.423 e. The Morgan fingerprint density at radius 1 is 1.33 bits per heavy atom. The molecular weight excluding hydrogens is 209 g/mol. The Kier molecular flexibility index (Phi) is 2.95. The fourth-order valence-electron chi connectivity index (χ4n) is 1.50. The Hall–Kier alpha value is -1.04. The molecule has 0 spiro atoms. The summed E-state index contributed by atoms with van der Waals surface area (Å²) in [5, 5.41) is 19.3. The van der Waals surface area contributed by atoms with Crippen LogP contribution in [0, 0.1) is 0 Å². The molecule has 2 N–H and O–H groups in total. The van der Waals surface area contributed by atoms with E-state index in [1.165, 1.54) is 11.8 Å². The molecule has 0 aliphatic carbocycles. The number of rotatable bonds is 2. The molecule has 0 atom stereocenters. The van der Waals surface area contributed by atoms with E-state index >= 15 is 0 Å². The Labute approximate surface area is 92.3 Å². The van der Waals surface area contributed by atoms with E-state index in [0.717, 1.165) is 15.8 Å². The fourth-order valence-corrected chi connectivity index (χ4v) is 2.13. The maximum Gasteiger partial charge on any atom is 0.489 e. The summed E-state index contributed by atoms with van der Waals surface area (Å²) >= 11 is 1.48. The molecule has 0 unspecified atom stereocenters. The summed E-state index contributed by atoms with van der Waals surface area (Å²) in [7, 11) is -1.43. The highest BCUT2D eigenvalue weighted by Crippen LogP contribution is 2.18. The van der Waals surface area contributed by atoms with Crippen LogP contribution in [0.25, 0.3) is 10.9 Å². The number of nitrogens with zero attached hydrogens (tertiary/aromatic N) is 1. The standard InChI is InChI=1S/C10H10BNO2S/c1-15-10-6-9-7(3-2-4-12-9)5-8(10)11(13)14/h2-6,13-14H,1H3. The summed E-state index contributed by atoms with van der Waals surface area (Å²) in [5.41, 5.74) is 1.40. The quantitative estimate of drug-likeness (QED) is 0.574. The third-order valence-corrected chi connectivity index (χ3v) is 3.03. The molecule has 76 valence electrons. The van der Waals surface area contributed by atoms with E-state index in [-0.39, 0.29) is 0 Å². The van der Waals surface area contributed by atoms with E-state index in [9.17, 15) is 10.0 Å². The molecule has 0 saturated carbocycles. The summed E-state index contributed by atoms with van der Waals surface area (Å²) in [4.78, 5) is 5.06. The average molecular weight is 219 g/mol. The lowest BCUT2D eigenvalue weighted by atomic mass is 9.79. The van der Waals surface area contributed by atoms with Crippen LogP contribution in [0.15, 0.2) is 35.4 Å². The Bertz CT molecular complexity index is 490. The van der Waals surface area contributed by atoms with Crippen LogP contribution in [0.3, 0.4) is 0 Å². The first-order valence-corrected chi connectivity index (χ1v) is 5.73. The van der Waals surface area contributed by atoms with Gasteiger partial charge in [0.15, 0.2) is 0 Å². The van der Waals surface area contributed by atoms with Crippen molar-refractivity contribution in [1.82, 2.24) is 4.98 Å². The zero-order valence-electron chi connectivity index (χ0n) is 8.21.